The van der Waals surface area contributed by atoms with Gasteiger partial charge in [-0.15, -0.1) is 0 Å². The lowest BCUT2D eigenvalue weighted by atomic mass is 10.0. The summed E-state index contributed by atoms with van der Waals surface area (Å²) in [4.78, 5) is 12.7. The van der Waals surface area contributed by atoms with Gasteiger partial charge in [-0.1, -0.05) is 0 Å². The van der Waals surface area contributed by atoms with Crippen LogP contribution in [0.25, 0.3) is 0 Å². The molecule has 2 unspecified atom stereocenters. The second-order valence-corrected chi connectivity index (χ2v) is 8.14. The van der Waals surface area contributed by atoms with Crippen LogP contribution in [-0.4, -0.2) is 40.5 Å². The van der Waals surface area contributed by atoms with Gasteiger partial charge in [0, 0.05) is 61.7 Å². The smallest absolute Gasteiger partial charge is 0.355 e. The van der Waals surface area contributed by atoms with Gasteiger partial charge in [0.25, 0.3) is 0 Å². The number of nitrogens with zero attached hydrogens (tertiary/aromatic N) is 5. The van der Waals surface area contributed by atoms with E-state index in [9.17, 15) is 13.2 Å². The molecule has 3 fully saturated rings. The first-order chi connectivity index (χ1) is 12.5. The molecular formula is C17H18F3N5S. The summed E-state index contributed by atoms with van der Waals surface area (Å²) in [6.45, 7) is 2.87. The minimum atomic E-state index is -4.38. The number of pyridine rings is 1. The fourth-order valence-electron chi connectivity index (χ4n) is 4.05. The maximum absolute atomic E-state index is 13.3. The van der Waals surface area contributed by atoms with Crippen LogP contribution >= 0.6 is 11.5 Å². The van der Waals surface area contributed by atoms with Crippen LogP contribution in [0.3, 0.4) is 0 Å². The summed E-state index contributed by atoms with van der Waals surface area (Å²) >= 11 is 1.45. The van der Waals surface area contributed by atoms with E-state index in [1.807, 2.05) is 0 Å². The van der Waals surface area contributed by atoms with Crippen LogP contribution in [0.15, 0.2) is 18.3 Å². The number of hydrogen-bond acceptors (Lipinski definition) is 6. The predicted molar refractivity (Wildman–Crippen MR) is 92.5 cm³/mol. The van der Waals surface area contributed by atoms with Gasteiger partial charge in [-0.05, 0) is 25.0 Å². The van der Waals surface area contributed by atoms with Crippen molar-refractivity contribution >= 4 is 22.5 Å². The van der Waals surface area contributed by atoms with Crippen molar-refractivity contribution in [3.63, 3.8) is 0 Å². The van der Waals surface area contributed by atoms with Crippen LogP contribution in [0, 0.1) is 11.8 Å². The van der Waals surface area contributed by atoms with Crippen molar-refractivity contribution in [3.8, 4) is 0 Å². The topological polar surface area (TPSA) is 45.2 Å². The van der Waals surface area contributed by atoms with E-state index in [1.54, 1.807) is 4.90 Å². The lowest BCUT2D eigenvalue weighted by Gasteiger charge is -2.24. The number of alkyl halides is 3. The Morgan fingerprint density at radius 3 is 2.38 bits per heavy atom. The lowest BCUT2D eigenvalue weighted by Crippen LogP contribution is -2.30. The Morgan fingerprint density at radius 2 is 1.73 bits per heavy atom. The third kappa shape index (κ3) is 2.82. The minimum absolute atomic E-state index is 0.0629. The number of fused-ring (bicyclic) bond motifs is 1. The lowest BCUT2D eigenvalue weighted by molar-refractivity contribution is -0.137. The second kappa shape index (κ2) is 5.80. The van der Waals surface area contributed by atoms with Crippen molar-refractivity contribution in [1.82, 2.24) is 14.3 Å². The molecule has 3 aliphatic rings. The highest BCUT2D eigenvalue weighted by Crippen LogP contribution is 2.42. The van der Waals surface area contributed by atoms with E-state index >= 15 is 0 Å². The van der Waals surface area contributed by atoms with E-state index in [-0.39, 0.29) is 5.82 Å². The molecule has 0 aromatic carbocycles. The van der Waals surface area contributed by atoms with Crippen LogP contribution in [0.4, 0.5) is 24.1 Å². The highest BCUT2D eigenvalue weighted by Gasteiger charge is 2.44. The molecule has 4 heterocycles. The summed E-state index contributed by atoms with van der Waals surface area (Å²) in [5, 5.41) is 0.960. The van der Waals surface area contributed by atoms with E-state index in [0.29, 0.717) is 30.8 Å². The molecule has 2 aromatic heterocycles. The van der Waals surface area contributed by atoms with Gasteiger partial charge in [0.05, 0.1) is 5.56 Å². The standard InChI is InChI=1S/C17H18F3N5S/c18-17(19,20)13-2-1-5-21-15(13)24-6-11-8-25(9-12(11)7-24)16-22-14(23-26-16)10-3-4-10/h1-2,5,10-12H,3-4,6-9H2. The fraction of sp³-hybridized carbons (Fsp3) is 0.588. The van der Waals surface area contributed by atoms with Crippen molar-refractivity contribution in [3.05, 3.63) is 29.7 Å². The molecule has 1 aliphatic carbocycles. The molecule has 2 aromatic rings. The highest BCUT2D eigenvalue weighted by molar-refractivity contribution is 7.09. The van der Waals surface area contributed by atoms with E-state index in [0.717, 1.165) is 30.1 Å². The Bertz CT molecular complexity index is 805. The van der Waals surface area contributed by atoms with Gasteiger partial charge in [-0.25, -0.2) is 9.97 Å². The molecule has 0 spiro atoms. The summed E-state index contributed by atoms with van der Waals surface area (Å²) in [6, 6.07) is 2.46. The van der Waals surface area contributed by atoms with Crippen molar-refractivity contribution in [1.29, 1.82) is 0 Å². The van der Waals surface area contributed by atoms with Gasteiger partial charge >= 0.3 is 6.18 Å². The Kier molecular flexibility index (Phi) is 3.63. The number of aromatic nitrogens is 3. The average molecular weight is 381 g/mol. The molecule has 26 heavy (non-hydrogen) atoms. The third-order valence-corrected chi connectivity index (χ3v) is 6.31. The van der Waals surface area contributed by atoms with Gasteiger partial charge in [-0.3, -0.25) is 0 Å². The number of halogens is 3. The molecule has 5 rings (SSSR count). The Morgan fingerprint density at radius 1 is 1.04 bits per heavy atom. The van der Waals surface area contributed by atoms with Gasteiger partial charge in [0.2, 0.25) is 5.13 Å². The predicted octanol–water partition coefficient (Wildman–Crippen LogP) is 3.40. The highest BCUT2D eigenvalue weighted by atomic mass is 32.1. The van der Waals surface area contributed by atoms with Crippen molar-refractivity contribution in [2.75, 3.05) is 36.0 Å². The molecule has 2 aliphatic heterocycles. The molecule has 9 heteroatoms. The number of hydrogen-bond donors (Lipinski definition) is 0. The van der Waals surface area contributed by atoms with Crippen LogP contribution in [0.1, 0.15) is 30.1 Å². The zero-order chi connectivity index (χ0) is 17.9. The van der Waals surface area contributed by atoms with Crippen LogP contribution < -0.4 is 9.80 Å². The van der Waals surface area contributed by atoms with Gasteiger partial charge in [0.15, 0.2) is 0 Å². The largest absolute Gasteiger partial charge is 0.419 e. The van der Waals surface area contributed by atoms with Gasteiger partial charge < -0.3 is 9.80 Å². The van der Waals surface area contributed by atoms with Gasteiger partial charge in [0.1, 0.15) is 11.6 Å². The second-order valence-electron chi connectivity index (χ2n) is 7.41. The Hall–Kier alpha value is -1.90. The van der Waals surface area contributed by atoms with Crippen LogP contribution in [0.2, 0.25) is 0 Å². The minimum Gasteiger partial charge on any atom is -0.355 e. The average Bonchev–Trinajstić information content (AvgIpc) is 3.03. The first-order valence-electron chi connectivity index (χ1n) is 8.85. The van der Waals surface area contributed by atoms with Crippen LogP contribution in [-0.2, 0) is 6.18 Å². The molecule has 1 saturated carbocycles. The maximum atomic E-state index is 13.3. The normalized spacial score (nSPS) is 25.8. The molecule has 2 saturated heterocycles. The zero-order valence-electron chi connectivity index (χ0n) is 14.0. The maximum Gasteiger partial charge on any atom is 0.419 e. The molecule has 5 nitrogen and oxygen atoms in total. The molecule has 0 bridgehead atoms. The molecule has 0 radical (unpaired) electrons. The zero-order valence-corrected chi connectivity index (χ0v) is 14.8. The van der Waals surface area contributed by atoms with Crippen molar-refractivity contribution < 1.29 is 13.2 Å². The van der Waals surface area contributed by atoms with E-state index in [1.165, 1.54) is 36.6 Å². The molecule has 2 atom stereocenters. The first-order valence-corrected chi connectivity index (χ1v) is 9.62. The van der Waals surface area contributed by atoms with Gasteiger partial charge in [-0.2, -0.15) is 17.5 Å². The van der Waals surface area contributed by atoms with Crippen molar-refractivity contribution in [2.45, 2.75) is 24.9 Å². The molecule has 0 amide bonds. The Labute approximate surface area is 153 Å². The summed E-state index contributed by atoms with van der Waals surface area (Å²) < 4.78 is 44.2. The fourth-order valence-corrected chi connectivity index (χ4v) is 4.82. The Balaban J connectivity index is 1.30. The SMILES string of the molecule is FC(F)(F)c1cccnc1N1CC2CN(c3nc(C4CC4)ns3)CC2C1. The van der Waals surface area contributed by atoms with E-state index in [2.05, 4.69) is 19.2 Å². The van der Waals surface area contributed by atoms with Crippen LogP contribution in [0.5, 0.6) is 0 Å². The monoisotopic (exact) mass is 381 g/mol. The third-order valence-electron chi connectivity index (χ3n) is 5.52. The molecule has 0 N–H and O–H groups in total. The van der Waals surface area contributed by atoms with E-state index in [4.69, 9.17) is 0 Å². The summed E-state index contributed by atoms with van der Waals surface area (Å²) in [7, 11) is 0. The molecule has 138 valence electrons. The number of rotatable bonds is 3. The van der Waals surface area contributed by atoms with Crippen molar-refractivity contribution in [2.24, 2.45) is 11.8 Å². The quantitative estimate of drug-likeness (QED) is 0.815. The summed E-state index contributed by atoms with van der Waals surface area (Å²) in [5.41, 5.74) is -0.643. The molecular weight excluding hydrogens is 363 g/mol. The summed E-state index contributed by atoms with van der Waals surface area (Å²) in [5.74, 6) is 2.25. The first kappa shape index (κ1) is 16.3. The number of anilines is 2. The summed E-state index contributed by atoms with van der Waals surface area (Å²) in [6.07, 6.45) is -0.575. The van der Waals surface area contributed by atoms with E-state index < -0.39 is 11.7 Å².